The van der Waals surface area contributed by atoms with Crippen molar-refractivity contribution in [2.45, 2.75) is 12.8 Å². The van der Waals surface area contributed by atoms with E-state index in [0.717, 1.165) is 17.1 Å². The van der Waals surface area contributed by atoms with E-state index >= 15 is 0 Å². The average Bonchev–Trinajstić information content (AvgIpc) is 3.06. The predicted molar refractivity (Wildman–Crippen MR) is 103 cm³/mol. The molecule has 0 atom stereocenters. The number of nitrogens with one attached hydrogen (secondary N) is 1. The van der Waals surface area contributed by atoms with Gasteiger partial charge in [-0.3, -0.25) is 4.79 Å². The van der Waals surface area contributed by atoms with Crippen LogP contribution in [0, 0.1) is 0 Å². The maximum Gasteiger partial charge on any atom is 0.224 e. The third-order valence-corrected chi connectivity index (χ3v) is 4.50. The van der Waals surface area contributed by atoms with Gasteiger partial charge in [0.2, 0.25) is 5.91 Å². The molecule has 1 aromatic heterocycles. The van der Waals surface area contributed by atoms with Crippen LogP contribution in [0.4, 0.5) is 5.69 Å². The van der Waals surface area contributed by atoms with Crippen molar-refractivity contribution in [3.63, 3.8) is 0 Å². The zero-order valence-electron chi connectivity index (χ0n) is 13.1. The van der Waals surface area contributed by atoms with Gasteiger partial charge < -0.3 is 9.73 Å². The average molecular weight is 395 g/mol. The second-order valence-electron chi connectivity index (χ2n) is 5.42. The normalized spacial score (nSPS) is 10.7. The zero-order chi connectivity index (χ0) is 17.8. The number of benzene rings is 2. The number of hydrogen-bond acceptors (Lipinski definition) is 2. The Balaban J connectivity index is 1.60. The Labute approximate surface area is 160 Å². The Bertz CT molecular complexity index is 868. The van der Waals surface area contributed by atoms with E-state index in [4.69, 9.17) is 39.2 Å². The summed E-state index contributed by atoms with van der Waals surface area (Å²) in [6.07, 6.45) is 0.733. The minimum absolute atomic E-state index is 0.181. The molecule has 1 N–H and O–H groups in total. The molecule has 0 fully saturated rings. The van der Waals surface area contributed by atoms with Crippen LogP contribution >= 0.6 is 34.8 Å². The van der Waals surface area contributed by atoms with E-state index in [1.807, 2.05) is 24.3 Å². The second-order valence-corrected chi connectivity index (χ2v) is 6.67. The molecule has 2 aromatic carbocycles. The molecule has 3 aromatic rings. The van der Waals surface area contributed by atoms with E-state index in [9.17, 15) is 4.79 Å². The minimum atomic E-state index is -0.181. The van der Waals surface area contributed by atoms with Gasteiger partial charge in [-0.2, -0.15) is 0 Å². The number of amides is 1. The van der Waals surface area contributed by atoms with E-state index in [1.54, 1.807) is 30.3 Å². The molecule has 1 heterocycles. The molecule has 6 heteroatoms. The lowest BCUT2D eigenvalue weighted by Gasteiger charge is -2.08. The van der Waals surface area contributed by atoms with Crippen molar-refractivity contribution in [2.75, 3.05) is 5.32 Å². The van der Waals surface area contributed by atoms with Crippen LogP contribution in [-0.4, -0.2) is 5.91 Å². The Morgan fingerprint density at radius 1 is 0.920 bits per heavy atom. The van der Waals surface area contributed by atoms with Gasteiger partial charge >= 0.3 is 0 Å². The number of hydrogen-bond donors (Lipinski definition) is 1. The van der Waals surface area contributed by atoms with Crippen molar-refractivity contribution < 1.29 is 9.21 Å². The van der Waals surface area contributed by atoms with E-state index < -0.39 is 0 Å². The monoisotopic (exact) mass is 393 g/mol. The summed E-state index contributed by atoms with van der Waals surface area (Å²) in [6, 6.07) is 16.2. The summed E-state index contributed by atoms with van der Waals surface area (Å²) in [5, 5.41) is 4.22. The van der Waals surface area contributed by atoms with Crippen molar-refractivity contribution >= 4 is 46.4 Å². The lowest BCUT2D eigenvalue weighted by Crippen LogP contribution is -2.12. The van der Waals surface area contributed by atoms with E-state index in [2.05, 4.69) is 5.32 Å². The summed E-state index contributed by atoms with van der Waals surface area (Å²) in [6.45, 7) is 0. The quantitative estimate of drug-likeness (QED) is 0.538. The van der Waals surface area contributed by atoms with Crippen molar-refractivity contribution in [3.8, 4) is 11.3 Å². The number of aryl methyl sites for hydroxylation is 1. The van der Waals surface area contributed by atoms with Crippen LogP contribution in [-0.2, 0) is 11.2 Å². The molecule has 0 saturated heterocycles. The molecule has 1 amide bonds. The Morgan fingerprint density at radius 2 is 1.60 bits per heavy atom. The zero-order valence-corrected chi connectivity index (χ0v) is 15.3. The van der Waals surface area contributed by atoms with Crippen molar-refractivity contribution in [1.29, 1.82) is 0 Å². The highest BCUT2D eigenvalue weighted by atomic mass is 35.5. The largest absolute Gasteiger partial charge is 0.461 e. The van der Waals surface area contributed by atoms with E-state index in [1.165, 1.54) is 0 Å². The first-order chi connectivity index (χ1) is 12.0. The van der Waals surface area contributed by atoms with E-state index in [-0.39, 0.29) is 12.3 Å². The van der Waals surface area contributed by atoms with Crippen LogP contribution in [0.5, 0.6) is 0 Å². The maximum atomic E-state index is 12.1. The predicted octanol–water partition coefficient (Wildman–Crippen LogP) is 6.48. The molecule has 0 radical (unpaired) electrons. The summed E-state index contributed by atoms with van der Waals surface area (Å²) in [7, 11) is 0. The van der Waals surface area contributed by atoms with Gasteiger partial charge in [-0.1, -0.05) is 40.9 Å². The van der Waals surface area contributed by atoms with Crippen molar-refractivity contribution in [2.24, 2.45) is 0 Å². The number of halogens is 3. The number of carbonyl (C=O) groups is 1. The molecule has 0 saturated carbocycles. The number of rotatable bonds is 5. The fourth-order valence-electron chi connectivity index (χ4n) is 2.34. The first kappa shape index (κ1) is 17.9. The highest BCUT2D eigenvalue weighted by molar-refractivity contribution is 6.39. The standard InChI is InChI=1S/C19H14Cl3NO2/c20-13-6-4-12(5-7-13)17-10-8-14(25-17)9-11-18(24)23-19-15(21)2-1-3-16(19)22/h1-8,10H,9,11H2,(H,23,24). The van der Waals surface area contributed by atoms with Gasteiger partial charge in [-0.15, -0.1) is 0 Å². The highest BCUT2D eigenvalue weighted by Crippen LogP contribution is 2.30. The number of para-hydroxylation sites is 1. The molecule has 0 aliphatic rings. The minimum Gasteiger partial charge on any atom is -0.461 e. The Hall–Kier alpha value is -1.94. The van der Waals surface area contributed by atoms with Crippen LogP contribution in [0.3, 0.4) is 0 Å². The molecule has 0 aliphatic heterocycles. The first-order valence-electron chi connectivity index (χ1n) is 7.61. The van der Waals surface area contributed by atoms with Crippen molar-refractivity contribution in [3.05, 3.63) is 75.4 Å². The molecule has 3 rings (SSSR count). The molecular formula is C19H14Cl3NO2. The van der Waals surface area contributed by atoms with Gasteiger partial charge in [0.15, 0.2) is 0 Å². The van der Waals surface area contributed by atoms with Gasteiger partial charge in [0, 0.05) is 23.4 Å². The van der Waals surface area contributed by atoms with Crippen LogP contribution in [0.2, 0.25) is 15.1 Å². The van der Waals surface area contributed by atoms with Gasteiger partial charge in [-0.05, 0) is 48.5 Å². The molecule has 128 valence electrons. The first-order valence-corrected chi connectivity index (χ1v) is 8.75. The molecule has 3 nitrogen and oxygen atoms in total. The van der Waals surface area contributed by atoms with Gasteiger partial charge in [0.25, 0.3) is 0 Å². The number of furan rings is 1. The topological polar surface area (TPSA) is 42.2 Å². The van der Waals surface area contributed by atoms with E-state index in [0.29, 0.717) is 27.2 Å². The van der Waals surface area contributed by atoms with Crippen LogP contribution in [0.15, 0.2) is 59.0 Å². The summed E-state index contributed by atoms with van der Waals surface area (Å²) in [5.74, 6) is 1.28. The fraction of sp³-hybridized carbons (Fsp3) is 0.105. The SMILES string of the molecule is O=C(CCc1ccc(-c2ccc(Cl)cc2)o1)Nc1c(Cl)cccc1Cl. The Morgan fingerprint density at radius 3 is 2.28 bits per heavy atom. The Kier molecular flexibility index (Phi) is 5.69. The van der Waals surface area contributed by atoms with Crippen LogP contribution < -0.4 is 5.32 Å². The summed E-state index contributed by atoms with van der Waals surface area (Å²) < 4.78 is 5.78. The molecular weight excluding hydrogens is 381 g/mol. The fourth-order valence-corrected chi connectivity index (χ4v) is 2.96. The van der Waals surface area contributed by atoms with Crippen LogP contribution in [0.1, 0.15) is 12.2 Å². The lowest BCUT2D eigenvalue weighted by atomic mass is 10.2. The maximum absolute atomic E-state index is 12.1. The lowest BCUT2D eigenvalue weighted by molar-refractivity contribution is -0.116. The third kappa shape index (κ3) is 4.57. The molecule has 0 unspecified atom stereocenters. The summed E-state index contributed by atoms with van der Waals surface area (Å²) in [5.41, 5.74) is 1.36. The molecule has 0 bridgehead atoms. The number of anilines is 1. The van der Waals surface area contributed by atoms with Crippen molar-refractivity contribution in [1.82, 2.24) is 0 Å². The molecule has 0 aliphatic carbocycles. The molecule has 0 spiro atoms. The van der Waals surface area contributed by atoms with Gasteiger partial charge in [-0.25, -0.2) is 0 Å². The molecule has 25 heavy (non-hydrogen) atoms. The summed E-state index contributed by atoms with van der Waals surface area (Å²) in [4.78, 5) is 12.1. The van der Waals surface area contributed by atoms with Gasteiger partial charge in [0.1, 0.15) is 11.5 Å². The summed E-state index contributed by atoms with van der Waals surface area (Å²) >= 11 is 18.0. The number of carbonyl (C=O) groups excluding carboxylic acids is 1. The van der Waals surface area contributed by atoms with Crippen LogP contribution in [0.25, 0.3) is 11.3 Å². The smallest absolute Gasteiger partial charge is 0.224 e. The van der Waals surface area contributed by atoms with Gasteiger partial charge in [0.05, 0.1) is 15.7 Å². The highest BCUT2D eigenvalue weighted by Gasteiger charge is 2.11. The second kappa shape index (κ2) is 7.96. The third-order valence-electron chi connectivity index (χ3n) is 3.62.